The van der Waals surface area contributed by atoms with E-state index in [1.165, 1.54) is 89.9 Å². The second-order valence-electron chi connectivity index (χ2n) is 28.3. The molecule has 3 aliphatic rings. The zero-order valence-corrected chi connectivity index (χ0v) is 68.7. The summed E-state index contributed by atoms with van der Waals surface area (Å²) in [5.41, 5.74) is 41.8. The Labute approximate surface area is 652 Å². The van der Waals surface area contributed by atoms with Crippen molar-refractivity contribution in [3.05, 3.63) is 358 Å². The van der Waals surface area contributed by atoms with Gasteiger partial charge in [0.15, 0.2) is 24.6 Å². The van der Waals surface area contributed by atoms with E-state index in [4.69, 9.17) is 0 Å². The van der Waals surface area contributed by atoms with Crippen LogP contribution in [0.2, 0.25) is 0 Å². The third-order valence-corrected chi connectivity index (χ3v) is 22.0. The molecule has 1 N–H and O–H groups in total. The average molecular weight is 1590 g/mol. The van der Waals surface area contributed by atoms with Gasteiger partial charge in [0.05, 0.1) is 5.56 Å². The van der Waals surface area contributed by atoms with E-state index in [1.807, 2.05) is 152 Å². The number of carboxylic acid groups (broad SMARTS) is 1. The first kappa shape index (κ1) is 80.3. The number of carboxylic acids is 1. The molecule has 12 aromatic rings. The first-order chi connectivity index (χ1) is 50.5. The Morgan fingerprint density at radius 3 is 1.25 bits per heavy atom. The predicted octanol–water partition coefficient (Wildman–Crippen LogP) is 26.8. The zero-order valence-electron chi connectivity index (χ0n) is 63.9. The molecule has 3 aliphatic carbocycles. The maximum absolute atomic E-state index is 12.4. The van der Waals surface area contributed by atoms with Crippen molar-refractivity contribution >= 4 is 78.4 Å². The summed E-state index contributed by atoms with van der Waals surface area (Å²) in [5.74, 6) is -0.0929. The maximum atomic E-state index is 12.4. The highest BCUT2D eigenvalue weighted by molar-refractivity contribution is 9.11. The Hall–Kier alpha value is -9.77. The molecular formula is C97H93Br3O6. The van der Waals surface area contributed by atoms with Gasteiger partial charge in [0.2, 0.25) is 0 Å². The van der Waals surface area contributed by atoms with E-state index >= 15 is 0 Å². The minimum absolute atomic E-state index is 0.186. The number of hydrogen-bond acceptors (Lipinski definition) is 5. The van der Waals surface area contributed by atoms with Crippen LogP contribution in [0.3, 0.4) is 0 Å². The Balaban J connectivity index is 0.000000144. The van der Waals surface area contributed by atoms with Crippen LogP contribution in [-0.2, 0) is 6.42 Å². The van der Waals surface area contributed by atoms with Crippen LogP contribution in [0.4, 0.5) is 0 Å². The number of aldehydes is 3. The third-order valence-electron chi connectivity index (χ3n) is 19.9. The van der Waals surface area contributed by atoms with Crippen LogP contribution in [0.5, 0.6) is 0 Å². The fourth-order valence-corrected chi connectivity index (χ4v) is 16.9. The lowest BCUT2D eigenvalue weighted by molar-refractivity contribution is 0.0696. The molecule has 1 atom stereocenters. The smallest absolute Gasteiger partial charge is 0.336 e. The SMILES string of the molecule is CC[C@H]1c2c(C)cccc2-c2cc(C)cc(C)c21.Cc1cc(C)c2c(c1)-c1cccc(C)c1C2.Cc1cc(C)c2c(c1)-c1cccc(C)c1C2=O.Cc1cc(C)cc(-c2cccc(C)c2C(=O)O)c1.Cc1cc(C)cc(-c2cccc(C)c2C=O)c1.Cc1cccc(Br)c1C=O.O=Cc1c(Br)cccc1Br. The maximum Gasteiger partial charge on any atom is 0.336 e. The first-order valence-corrected chi connectivity index (χ1v) is 38.2. The summed E-state index contributed by atoms with van der Waals surface area (Å²) in [7, 11) is 0. The van der Waals surface area contributed by atoms with Gasteiger partial charge in [-0.15, -0.1) is 0 Å². The number of aryl methyl sites for hydroxylation is 16. The molecule has 0 saturated carbocycles. The molecule has 0 spiro atoms. The molecule has 0 heterocycles. The molecule has 538 valence electrons. The van der Waals surface area contributed by atoms with Crippen LogP contribution in [-0.4, -0.2) is 35.7 Å². The van der Waals surface area contributed by atoms with Crippen LogP contribution in [0.1, 0.15) is 188 Å². The van der Waals surface area contributed by atoms with Gasteiger partial charge >= 0.3 is 5.97 Å². The zero-order chi connectivity index (χ0) is 77.1. The minimum Gasteiger partial charge on any atom is -0.478 e. The average Bonchev–Trinajstić information content (AvgIpc) is 1.61. The molecule has 15 rings (SSSR count). The second-order valence-corrected chi connectivity index (χ2v) is 30.9. The molecule has 0 fully saturated rings. The van der Waals surface area contributed by atoms with E-state index in [0.29, 0.717) is 17.0 Å². The summed E-state index contributed by atoms with van der Waals surface area (Å²) in [6.07, 6.45) is 4.92. The van der Waals surface area contributed by atoms with Crippen LogP contribution in [0, 0.1) is 111 Å². The van der Waals surface area contributed by atoms with E-state index in [1.54, 1.807) is 11.1 Å². The Kier molecular flexibility index (Phi) is 26.9. The number of carbonyl (C=O) groups excluding carboxylic acids is 4. The highest BCUT2D eigenvalue weighted by Gasteiger charge is 2.32. The Morgan fingerprint density at radius 2 is 0.726 bits per heavy atom. The van der Waals surface area contributed by atoms with E-state index in [2.05, 4.69) is 214 Å². The molecule has 12 aromatic carbocycles. The molecule has 0 radical (unpaired) electrons. The first-order valence-electron chi connectivity index (χ1n) is 35.8. The number of ketones is 1. The number of hydrogen-bond donors (Lipinski definition) is 1. The van der Waals surface area contributed by atoms with Gasteiger partial charge in [-0.25, -0.2) is 4.79 Å². The number of rotatable bonds is 7. The lowest BCUT2D eigenvalue weighted by Gasteiger charge is -2.15. The molecule has 106 heavy (non-hydrogen) atoms. The predicted molar refractivity (Wildman–Crippen MR) is 453 cm³/mol. The Bertz CT molecular complexity index is 5240. The van der Waals surface area contributed by atoms with Crippen molar-refractivity contribution in [2.45, 2.75) is 136 Å². The second kappa shape index (κ2) is 35.5. The number of halogens is 3. The van der Waals surface area contributed by atoms with Gasteiger partial charge in [-0.3, -0.25) is 19.2 Å². The normalized spacial score (nSPS) is 11.9. The molecule has 0 bridgehead atoms. The molecule has 0 aliphatic heterocycles. The summed E-state index contributed by atoms with van der Waals surface area (Å²) >= 11 is 9.77. The summed E-state index contributed by atoms with van der Waals surface area (Å²) in [5, 5.41) is 9.35. The van der Waals surface area contributed by atoms with Crippen molar-refractivity contribution in [1.29, 1.82) is 0 Å². The van der Waals surface area contributed by atoms with Gasteiger partial charge < -0.3 is 5.11 Å². The topological polar surface area (TPSA) is 106 Å². The molecule has 0 saturated heterocycles. The fourth-order valence-electron chi connectivity index (χ4n) is 15.2. The van der Waals surface area contributed by atoms with E-state index in [9.17, 15) is 29.1 Å². The molecule has 0 amide bonds. The summed E-state index contributed by atoms with van der Waals surface area (Å²) in [6, 6.07) is 68.2. The van der Waals surface area contributed by atoms with Gasteiger partial charge in [0.1, 0.15) is 0 Å². The number of aromatic carboxylic acids is 1. The minimum atomic E-state index is -0.873. The van der Waals surface area contributed by atoms with Crippen molar-refractivity contribution in [3.8, 4) is 55.6 Å². The van der Waals surface area contributed by atoms with Gasteiger partial charge in [-0.05, 0) is 270 Å². The van der Waals surface area contributed by atoms with Gasteiger partial charge in [0.25, 0.3) is 0 Å². The van der Waals surface area contributed by atoms with E-state index in [0.717, 1.165) is 133 Å². The molecule has 9 heteroatoms. The summed E-state index contributed by atoms with van der Waals surface area (Å²) in [6.45, 7) is 35.6. The quantitative estimate of drug-likeness (QED) is 0.159. The van der Waals surface area contributed by atoms with Crippen LogP contribution >= 0.6 is 47.8 Å². The lowest BCUT2D eigenvalue weighted by atomic mass is 9.89. The lowest BCUT2D eigenvalue weighted by Crippen LogP contribution is -2.02. The number of benzene rings is 12. The molecular weight excluding hydrogens is 1500 g/mol. The van der Waals surface area contributed by atoms with Crippen LogP contribution in [0.25, 0.3) is 55.6 Å². The van der Waals surface area contributed by atoms with Crippen molar-refractivity contribution in [3.63, 3.8) is 0 Å². The van der Waals surface area contributed by atoms with Gasteiger partial charge in [-0.2, -0.15) is 0 Å². The fraction of sp³-hybridized carbons (Fsp3) is 0.206. The molecule has 6 nitrogen and oxygen atoms in total. The van der Waals surface area contributed by atoms with Crippen LogP contribution < -0.4 is 0 Å². The largest absolute Gasteiger partial charge is 0.478 e. The van der Waals surface area contributed by atoms with Crippen molar-refractivity contribution in [2.75, 3.05) is 0 Å². The summed E-state index contributed by atoms with van der Waals surface area (Å²) < 4.78 is 2.50. The van der Waals surface area contributed by atoms with E-state index < -0.39 is 5.97 Å². The highest BCUT2D eigenvalue weighted by Crippen LogP contribution is 2.50. The van der Waals surface area contributed by atoms with Crippen molar-refractivity contribution < 1.29 is 29.1 Å². The molecule has 0 unspecified atom stereocenters. The van der Waals surface area contributed by atoms with E-state index in [-0.39, 0.29) is 5.78 Å². The molecule has 0 aromatic heterocycles. The highest BCUT2D eigenvalue weighted by atomic mass is 79.9. The van der Waals surface area contributed by atoms with Gasteiger partial charge in [-0.1, -0.05) is 276 Å². The van der Waals surface area contributed by atoms with Crippen molar-refractivity contribution in [2.24, 2.45) is 0 Å². The Morgan fingerprint density at radius 1 is 0.349 bits per heavy atom. The monoisotopic (exact) mass is 1590 g/mol. The number of fused-ring (bicyclic) bond motifs is 9. The van der Waals surface area contributed by atoms with Crippen LogP contribution in [0.15, 0.2) is 214 Å². The van der Waals surface area contributed by atoms with Crippen molar-refractivity contribution in [1.82, 2.24) is 0 Å². The third kappa shape index (κ3) is 18.2. The number of carbonyl (C=O) groups is 5. The van der Waals surface area contributed by atoms with Gasteiger partial charge in [0, 0.05) is 47.2 Å². The summed E-state index contributed by atoms with van der Waals surface area (Å²) in [4.78, 5) is 55.8. The standard InChI is InChI=1S/C18H20.C16H16O2.C16H14O.C16H16O.C16H16.C8H7BrO.C7H4Br2O/c1-5-14-17-12(3)7-6-8-15(17)16-10-11(2)9-13(4)18(14)16;1-10-7-11(2)9-13(8-10)14-6-4-5-12(3)15(14)16(17)18;1-9-7-11(3)15-13(8-9)12-6-4-5-10(2)14(12)16(15)17;1-11-7-12(2)9-14(8-11)15-6-4-5-13(3)16(15)10-17;1-10-7-12(3)15-9-14-11(2)5-4-6-13(14)16(15)8-10;1-6-3-2-4-8(9)7(6)5-10;8-6-2-1-3-7(9)5(6)4-10/h6-10,14H,5H2,1-4H3;4-9H,1-3H3,(H,17,18);4-8H,1-3H3;4-10H,1-3H3;4-8H,9H2,1-3H3;2-5H,1H3;1-4H/t14-;;;;;;/m0....../s1.